The fraction of sp³-hybridized carbons (Fsp3) is 0.773. The highest BCUT2D eigenvalue weighted by atomic mass is 17.1. The molecule has 2 saturated heterocycles. The van der Waals surface area contributed by atoms with Crippen molar-refractivity contribution in [2.45, 2.75) is 25.8 Å². The molecular formula is C22H26N2O8. The second-order valence-electron chi connectivity index (χ2n) is 10.7. The Kier molecular flexibility index (Phi) is 4.04. The van der Waals surface area contributed by atoms with E-state index in [1.807, 2.05) is 6.92 Å². The third-order valence-electron chi connectivity index (χ3n) is 9.96. The van der Waals surface area contributed by atoms with Gasteiger partial charge in [-0.1, -0.05) is 6.92 Å². The lowest BCUT2D eigenvalue weighted by molar-refractivity contribution is -0.258. The first kappa shape index (κ1) is 20.3. The summed E-state index contributed by atoms with van der Waals surface area (Å²) >= 11 is 0. The molecule has 4 bridgehead atoms. The average molecular weight is 446 g/mol. The maximum absolute atomic E-state index is 13.6. The lowest BCUT2D eigenvalue weighted by Crippen LogP contribution is -2.53. The zero-order chi connectivity index (χ0) is 22.8. The minimum atomic E-state index is -0.951. The smallest absolute Gasteiger partial charge is 0.307 e. The first-order valence-electron chi connectivity index (χ1n) is 11.4. The highest BCUT2D eigenvalue weighted by Crippen LogP contribution is 2.65. The van der Waals surface area contributed by atoms with Crippen LogP contribution in [0.4, 0.5) is 0 Å². The summed E-state index contributed by atoms with van der Waals surface area (Å²) in [5.41, 5.74) is 0. The van der Waals surface area contributed by atoms with Crippen LogP contribution in [0.3, 0.4) is 0 Å². The van der Waals surface area contributed by atoms with Gasteiger partial charge >= 0.3 is 5.97 Å². The predicted molar refractivity (Wildman–Crippen MR) is 103 cm³/mol. The number of hydrogen-bond acceptors (Lipinski definition) is 7. The fourth-order valence-corrected chi connectivity index (χ4v) is 8.94. The van der Waals surface area contributed by atoms with Crippen molar-refractivity contribution in [2.24, 2.45) is 65.1 Å². The maximum Gasteiger partial charge on any atom is 0.307 e. The van der Waals surface area contributed by atoms with Crippen molar-refractivity contribution < 1.29 is 39.2 Å². The van der Waals surface area contributed by atoms with Crippen molar-refractivity contribution in [3.8, 4) is 0 Å². The monoisotopic (exact) mass is 446 g/mol. The molecule has 0 aromatic heterocycles. The molecule has 10 nitrogen and oxygen atoms in total. The van der Waals surface area contributed by atoms with E-state index in [1.165, 1.54) is 11.9 Å². The number of carbonyl (C=O) groups excluding carboxylic acids is 4. The number of aliphatic carboxylic acids is 1. The van der Waals surface area contributed by atoms with Gasteiger partial charge < -0.3 is 5.11 Å². The Morgan fingerprint density at radius 3 is 1.91 bits per heavy atom. The van der Waals surface area contributed by atoms with Gasteiger partial charge in [0.1, 0.15) is 0 Å². The summed E-state index contributed by atoms with van der Waals surface area (Å²) in [7, 11) is 1.47. The Balaban J connectivity index is 1.33. The second kappa shape index (κ2) is 6.38. The third-order valence-corrected chi connectivity index (χ3v) is 9.96. The van der Waals surface area contributed by atoms with E-state index >= 15 is 0 Å². The van der Waals surface area contributed by atoms with Gasteiger partial charge in [-0.3, -0.25) is 39.0 Å². The van der Waals surface area contributed by atoms with E-state index in [-0.39, 0.29) is 59.8 Å². The lowest BCUT2D eigenvalue weighted by atomic mass is 9.70. The standard InChI is InChI=1S/C22H26N2O8/c1-6-7-3-8(11(5-32-31)12(7)22(29)30)17(6)24-20(27)15-9-4-10(16(15)21(24)28)14-13(9)18(25)23(2)19(14)26/h6-17,31H,3-5H2,1-2H3,(H,29,30). The molecule has 2 heterocycles. The molecule has 6 rings (SSSR count). The van der Waals surface area contributed by atoms with E-state index in [0.29, 0.717) is 12.8 Å². The Labute approximate surface area is 183 Å². The van der Waals surface area contributed by atoms with Crippen LogP contribution in [0.5, 0.6) is 0 Å². The van der Waals surface area contributed by atoms with Crippen LogP contribution in [0.25, 0.3) is 0 Å². The van der Waals surface area contributed by atoms with Crippen LogP contribution in [-0.2, 0) is 28.9 Å². The van der Waals surface area contributed by atoms with Crippen LogP contribution in [0.1, 0.15) is 19.8 Å². The number of imide groups is 2. The number of carboxylic acid groups (broad SMARTS) is 1. The van der Waals surface area contributed by atoms with Crippen LogP contribution >= 0.6 is 0 Å². The number of nitrogens with zero attached hydrogens (tertiary/aromatic N) is 2. The van der Waals surface area contributed by atoms with Crippen molar-refractivity contribution in [2.75, 3.05) is 13.7 Å². The molecule has 0 aromatic rings. The summed E-state index contributed by atoms with van der Waals surface area (Å²) in [6.45, 7) is 1.73. The second-order valence-corrected chi connectivity index (χ2v) is 10.7. The van der Waals surface area contributed by atoms with Gasteiger partial charge in [-0.15, -0.1) is 0 Å². The zero-order valence-corrected chi connectivity index (χ0v) is 17.8. The largest absolute Gasteiger partial charge is 0.481 e. The molecular weight excluding hydrogens is 420 g/mol. The molecule has 12 unspecified atom stereocenters. The topological polar surface area (TPSA) is 142 Å². The van der Waals surface area contributed by atoms with Gasteiger partial charge in [-0.05, 0) is 42.4 Å². The number of carbonyl (C=O) groups is 5. The first-order valence-corrected chi connectivity index (χ1v) is 11.4. The van der Waals surface area contributed by atoms with Crippen molar-refractivity contribution >= 4 is 29.6 Å². The molecule has 6 fully saturated rings. The highest BCUT2D eigenvalue weighted by molar-refractivity contribution is 6.11. The van der Waals surface area contributed by atoms with Crippen molar-refractivity contribution in [1.29, 1.82) is 0 Å². The number of amides is 4. The molecule has 4 saturated carbocycles. The minimum Gasteiger partial charge on any atom is -0.481 e. The summed E-state index contributed by atoms with van der Waals surface area (Å²) in [6.07, 6.45) is 1.11. The van der Waals surface area contributed by atoms with Gasteiger partial charge in [-0.2, -0.15) is 0 Å². The van der Waals surface area contributed by atoms with E-state index in [2.05, 4.69) is 4.89 Å². The van der Waals surface area contributed by atoms with Crippen LogP contribution in [0, 0.1) is 65.1 Å². The molecule has 12 atom stereocenters. The van der Waals surface area contributed by atoms with Crippen molar-refractivity contribution in [3.63, 3.8) is 0 Å². The quantitative estimate of drug-likeness (QED) is 0.347. The van der Waals surface area contributed by atoms with Crippen molar-refractivity contribution in [3.05, 3.63) is 0 Å². The molecule has 6 aliphatic rings. The van der Waals surface area contributed by atoms with E-state index in [9.17, 15) is 29.1 Å². The van der Waals surface area contributed by atoms with Crippen molar-refractivity contribution in [1.82, 2.24) is 9.80 Å². The Bertz CT molecular complexity index is 920. The molecule has 0 aromatic carbocycles. The van der Waals surface area contributed by atoms with Gasteiger partial charge in [0.15, 0.2) is 0 Å². The van der Waals surface area contributed by atoms with Gasteiger partial charge in [0.2, 0.25) is 23.6 Å². The molecule has 0 spiro atoms. The number of hydrogen-bond donors (Lipinski definition) is 2. The molecule has 2 aliphatic heterocycles. The Morgan fingerprint density at radius 1 is 0.906 bits per heavy atom. The predicted octanol–water partition coefficient (Wildman–Crippen LogP) is -0.0707. The molecule has 32 heavy (non-hydrogen) atoms. The summed E-state index contributed by atoms with van der Waals surface area (Å²) < 4.78 is 0. The van der Waals surface area contributed by atoms with Gasteiger partial charge in [0.05, 0.1) is 36.2 Å². The molecule has 4 amide bonds. The Hall–Kier alpha value is -2.33. The highest BCUT2D eigenvalue weighted by Gasteiger charge is 2.74. The van der Waals surface area contributed by atoms with Crippen LogP contribution in [0.2, 0.25) is 0 Å². The van der Waals surface area contributed by atoms with Crippen LogP contribution in [-0.4, -0.2) is 69.5 Å². The summed E-state index contributed by atoms with van der Waals surface area (Å²) in [4.78, 5) is 71.3. The van der Waals surface area contributed by atoms with Crippen LogP contribution in [0.15, 0.2) is 0 Å². The molecule has 4 aliphatic carbocycles. The van der Waals surface area contributed by atoms with E-state index < -0.39 is 47.5 Å². The lowest BCUT2D eigenvalue weighted by Gasteiger charge is -2.41. The SMILES string of the molecule is CC1C2CC(C(COO)C2C(=O)O)C1N1C(=O)C2C3CC(C4C(=O)N(C)C(=O)C34)C2C1=O. The van der Waals surface area contributed by atoms with Gasteiger partial charge in [0, 0.05) is 19.0 Å². The summed E-state index contributed by atoms with van der Waals surface area (Å²) in [5, 5.41) is 18.8. The van der Waals surface area contributed by atoms with Gasteiger partial charge in [-0.25, -0.2) is 4.89 Å². The normalized spacial score (nSPS) is 50.7. The molecule has 172 valence electrons. The molecule has 0 radical (unpaired) electrons. The summed E-state index contributed by atoms with van der Waals surface area (Å²) in [5.74, 6) is -6.61. The third kappa shape index (κ3) is 2.11. The fourth-order valence-electron chi connectivity index (χ4n) is 8.94. The Morgan fingerprint density at radius 2 is 1.41 bits per heavy atom. The number of likely N-dealkylation sites (tertiary alicyclic amines) is 2. The average Bonchev–Trinajstić information content (AvgIpc) is 3.54. The van der Waals surface area contributed by atoms with E-state index in [0.717, 1.165) is 4.90 Å². The zero-order valence-electron chi connectivity index (χ0n) is 17.8. The molecule has 2 N–H and O–H groups in total. The summed E-state index contributed by atoms with van der Waals surface area (Å²) in [6, 6.07) is -0.449. The number of fused-ring (bicyclic) bond motifs is 10. The number of rotatable bonds is 4. The number of carboxylic acids is 1. The van der Waals surface area contributed by atoms with E-state index in [1.54, 1.807) is 0 Å². The molecule has 10 heteroatoms. The van der Waals surface area contributed by atoms with Crippen LogP contribution < -0.4 is 0 Å². The van der Waals surface area contributed by atoms with E-state index in [4.69, 9.17) is 5.26 Å². The van der Waals surface area contributed by atoms with Gasteiger partial charge in [0.25, 0.3) is 0 Å². The minimum absolute atomic E-state index is 0.158. The maximum atomic E-state index is 13.6. The first-order chi connectivity index (χ1) is 15.2.